The Hall–Kier alpha value is -0.0800. The molecule has 1 unspecified atom stereocenters. The molecule has 0 aromatic rings. The van der Waals surface area contributed by atoms with E-state index in [9.17, 15) is 0 Å². The van der Waals surface area contributed by atoms with E-state index in [1.165, 1.54) is 45.2 Å². The Bertz CT molecular complexity index is 134. The summed E-state index contributed by atoms with van der Waals surface area (Å²) in [5.41, 5.74) is 0. The molecule has 0 bridgehead atoms. The van der Waals surface area contributed by atoms with Crippen molar-refractivity contribution in [3.05, 3.63) is 0 Å². The van der Waals surface area contributed by atoms with Crippen molar-refractivity contribution in [3.8, 4) is 0 Å². The Balaban J connectivity index is 1.99. The summed E-state index contributed by atoms with van der Waals surface area (Å²) >= 11 is 0. The van der Waals surface area contributed by atoms with Crippen LogP contribution >= 0.6 is 0 Å². The van der Waals surface area contributed by atoms with Crippen LogP contribution in [0.1, 0.15) is 39.0 Å². The average molecular weight is 199 g/mol. The lowest BCUT2D eigenvalue weighted by molar-refractivity contribution is 0.174. The fourth-order valence-corrected chi connectivity index (χ4v) is 1.85. The van der Waals surface area contributed by atoms with Crippen molar-refractivity contribution in [2.75, 3.05) is 26.8 Å². The van der Waals surface area contributed by atoms with E-state index in [-0.39, 0.29) is 0 Å². The largest absolute Gasteiger partial charge is 0.385 e. The lowest BCUT2D eigenvalue weighted by Gasteiger charge is -2.16. The Labute approximate surface area is 88.4 Å². The van der Waals surface area contributed by atoms with Crippen LogP contribution in [0.15, 0.2) is 0 Å². The molecule has 14 heavy (non-hydrogen) atoms. The molecule has 0 aromatic heterocycles. The molecule has 1 aliphatic carbocycles. The molecule has 0 amide bonds. The van der Waals surface area contributed by atoms with E-state index < -0.39 is 0 Å². The third kappa shape index (κ3) is 5.61. The van der Waals surface area contributed by atoms with Crippen molar-refractivity contribution in [3.63, 3.8) is 0 Å². The van der Waals surface area contributed by atoms with Gasteiger partial charge in [-0.1, -0.05) is 13.3 Å². The zero-order valence-electron chi connectivity index (χ0n) is 9.72. The predicted molar refractivity (Wildman–Crippen MR) is 60.5 cm³/mol. The van der Waals surface area contributed by atoms with Gasteiger partial charge in [0.05, 0.1) is 0 Å². The number of nitrogens with one attached hydrogen (secondary N) is 1. The first-order valence-corrected chi connectivity index (χ1v) is 6.06. The van der Waals surface area contributed by atoms with Gasteiger partial charge in [-0.3, -0.25) is 0 Å². The Morgan fingerprint density at radius 3 is 2.71 bits per heavy atom. The highest BCUT2D eigenvalue weighted by Gasteiger charge is 2.20. The highest BCUT2D eigenvalue weighted by atomic mass is 16.5. The molecule has 0 spiro atoms. The van der Waals surface area contributed by atoms with Gasteiger partial charge in [0.1, 0.15) is 0 Å². The van der Waals surface area contributed by atoms with Crippen LogP contribution in [0.2, 0.25) is 0 Å². The minimum Gasteiger partial charge on any atom is -0.385 e. The molecule has 0 radical (unpaired) electrons. The lowest BCUT2D eigenvalue weighted by Crippen LogP contribution is -2.25. The Kier molecular flexibility index (Phi) is 6.20. The van der Waals surface area contributed by atoms with Crippen LogP contribution in [-0.4, -0.2) is 26.8 Å². The minimum atomic E-state index is 0.818. The molecule has 2 heteroatoms. The fourth-order valence-electron chi connectivity index (χ4n) is 1.85. The van der Waals surface area contributed by atoms with E-state index >= 15 is 0 Å². The maximum absolute atomic E-state index is 5.13. The third-order valence-electron chi connectivity index (χ3n) is 2.99. The number of rotatable bonds is 9. The molecule has 1 saturated carbocycles. The summed E-state index contributed by atoms with van der Waals surface area (Å²) in [5.74, 6) is 1.82. The third-order valence-corrected chi connectivity index (χ3v) is 2.99. The minimum absolute atomic E-state index is 0.818. The highest BCUT2D eigenvalue weighted by Crippen LogP contribution is 2.27. The zero-order valence-corrected chi connectivity index (χ0v) is 9.72. The van der Waals surface area contributed by atoms with E-state index in [0.29, 0.717) is 0 Å². The first-order chi connectivity index (χ1) is 6.86. The molecule has 84 valence electrons. The second kappa shape index (κ2) is 7.24. The number of ether oxygens (including phenoxy) is 1. The molecule has 0 saturated heterocycles. The smallest absolute Gasteiger partial charge is 0.0465 e. The van der Waals surface area contributed by atoms with Crippen LogP contribution in [0.5, 0.6) is 0 Å². The molecule has 0 heterocycles. The van der Waals surface area contributed by atoms with Crippen molar-refractivity contribution < 1.29 is 4.74 Å². The summed E-state index contributed by atoms with van der Waals surface area (Å²) in [6.45, 7) is 5.61. The molecule has 0 aliphatic heterocycles. The molecule has 1 N–H and O–H groups in total. The second-order valence-corrected chi connectivity index (χ2v) is 4.54. The molecule has 1 rings (SSSR count). The van der Waals surface area contributed by atoms with Crippen molar-refractivity contribution in [2.24, 2.45) is 11.8 Å². The van der Waals surface area contributed by atoms with Crippen LogP contribution in [0.4, 0.5) is 0 Å². The summed E-state index contributed by atoms with van der Waals surface area (Å²) in [6, 6.07) is 0. The summed E-state index contributed by atoms with van der Waals surface area (Å²) in [5, 5.41) is 3.59. The van der Waals surface area contributed by atoms with Crippen molar-refractivity contribution in [1.29, 1.82) is 0 Å². The lowest BCUT2D eigenvalue weighted by atomic mass is 10.0. The molecule has 1 fully saturated rings. The maximum atomic E-state index is 5.13. The van der Waals surface area contributed by atoms with E-state index in [0.717, 1.165) is 18.4 Å². The van der Waals surface area contributed by atoms with Gasteiger partial charge in [-0.25, -0.2) is 0 Å². The molecule has 2 nitrogen and oxygen atoms in total. The fraction of sp³-hybridized carbons (Fsp3) is 1.00. The van der Waals surface area contributed by atoms with E-state index in [4.69, 9.17) is 4.74 Å². The van der Waals surface area contributed by atoms with Gasteiger partial charge < -0.3 is 10.1 Å². The van der Waals surface area contributed by atoms with Crippen LogP contribution in [-0.2, 0) is 4.74 Å². The number of methoxy groups -OCH3 is 1. The topological polar surface area (TPSA) is 21.3 Å². The van der Waals surface area contributed by atoms with Crippen LogP contribution in [0.3, 0.4) is 0 Å². The summed E-state index contributed by atoms with van der Waals surface area (Å²) in [4.78, 5) is 0. The summed E-state index contributed by atoms with van der Waals surface area (Å²) in [7, 11) is 1.79. The Morgan fingerprint density at radius 2 is 2.14 bits per heavy atom. The van der Waals surface area contributed by atoms with Crippen LogP contribution in [0, 0.1) is 11.8 Å². The standard InChI is InChI=1S/C12H25NO/c1-3-4-11(7-8-14-2)9-13-10-12-5-6-12/h11-13H,3-10H2,1-2H3. The molecular formula is C12H25NO. The average Bonchev–Trinajstić information content (AvgIpc) is 2.98. The summed E-state index contributed by atoms with van der Waals surface area (Å²) in [6.07, 6.45) is 6.73. The number of hydrogen-bond acceptors (Lipinski definition) is 2. The highest BCUT2D eigenvalue weighted by molar-refractivity contribution is 4.76. The normalized spacial score (nSPS) is 18.4. The number of hydrogen-bond donors (Lipinski definition) is 1. The molecular weight excluding hydrogens is 174 g/mol. The monoisotopic (exact) mass is 199 g/mol. The van der Waals surface area contributed by atoms with Crippen LogP contribution < -0.4 is 5.32 Å². The Morgan fingerprint density at radius 1 is 1.36 bits per heavy atom. The predicted octanol–water partition coefficient (Wildman–Crippen LogP) is 2.44. The van der Waals surface area contributed by atoms with Gasteiger partial charge in [0.15, 0.2) is 0 Å². The first kappa shape index (κ1) is 12.0. The second-order valence-electron chi connectivity index (χ2n) is 4.54. The van der Waals surface area contributed by atoms with Gasteiger partial charge >= 0.3 is 0 Å². The van der Waals surface area contributed by atoms with Crippen LogP contribution in [0.25, 0.3) is 0 Å². The SMILES string of the molecule is CCCC(CCOC)CNCC1CC1. The first-order valence-electron chi connectivity index (χ1n) is 6.06. The van der Waals surface area contributed by atoms with Crippen molar-refractivity contribution >= 4 is 0 Å². The molecule has 0 aromatic carbocycles. The van der Waals surface area contributed by atoms with E-state index in [1.807, 2.05) is 0 Å². The van der Waals surface area contributed by atoms with Gasteiger partial charge in [-0.15, -0.1) is 0 Å². The van der Waals surface area contributed by atoms with Gasteiger partial charge in [0.2, 0.25) is 0 Å². The van der Waals surface area contributed by atoms with Gasteiger partial charge in [0, 0.05) is 13.7 Å². The zero-order chi connectivity index (χ0) is 10.2. The summed E-state index contributed by atoms with van der Waals surface area (Å²) < 4.78 is 5.13. The van der Waals surface area contributed by atoms with Gasteiger partial charge in [-0.05, 0) is 50.6 Å². The van der Waals surface area contributed by atoms with E-state index in [1.54, 1.807) is 7.11 Å². The molecule has 1 aliphatic rings. The van der Waals surface area contributed by atoms with Crippen molar-refractivity contribution in [1.82, 2.24) is 5.32 Å². The van der Waals surface area contributed by atoms with E-state index in [2.05, 4.69) is 12.2 Å². The molecule has 1 atom stereocenters. The van der Waals surface area contributed by atoms with Gasteiger partial charge in [-0.2, -0.15) is 0 Å². The van der Waals surface area contributed by atoms with Crippen molar-refractivity contribution in [2.45, 2.75) is 39.0 Å². The van der Waals surface area contributed by atoms with Gasteiger partial charge in [0.25, 0.3) is 0 Å². The maximum Gasteiger partial charge on any atom is 0.0465 e. The quantitative estimate of drug-likeness (QED) is 0.616.